The van der Waals surface area contributed by atoms with E-state index in [2.05, 4.69) is 22.8 Å². The predicted molar refractivity (Wildman–Crippen MR) is 84.9 cm³/mol. The first-order valence-corrected chi connectivity index (χ1v) is 6.54. The Bertz CT molecular complexity index is 721. The standard InChI is InChI=1S/C16H17N3O/c1-17-10-4-6-14-12(8-10)16(20-3)13-9-11(18-2)5-7-15(13)19-14/h4-9,17-18H,1-3H3. The van der Waals surface area contributed by atoms with Crippen LogP contribution in [-0.2, 0) is 0 Å². The maximum Gasteiger partial charge on any atom is 0.137 e. The van der Waals surface area contributed by atoms with Crippen LogP contribution in [0.25, 0.3) is 21.8 Å². The van der Waals surface area contributed by atoms with Gasteiger partial charge in [0, 0.05) is 36.2 Å². The van der Waals surface area contributed by atoms with E-state index in [0.717, 1.165) is 38.9 Å². The highest BCUT2D eigenvalue weighted by atomic mass is 16.5. The zero-order valence-corrected chi connectivity index (χ0v) is 11.8. The van der Waals surface area contributed by atoms with E-state index in [1.54, 1.807) is 7.11 Å². The van der Waals surface area contributed by atoms with Crippen molar-refractivity contribution in [3.8, 4) is 5.75 Å². The van der Waals surface area contributed by atoms with Gasteiger partial charge in [0.1, 0.15) is 5.75 Å². The zero-order chi connectivity index (χ0) is 14.1. The second kappa shape index (κ2) is 4.89. The number of anilines is 2. The molecule has 1 aromatic heterocycles. The number of hydrogen-bond acceptors (Lipinski definition) is 4. The average molecular weight is 267 g/mol. The Morgan fingerprint density at radius 1 is 0.850 bits per heavy atom. The molecule has 2 N–H and O–H groups in total. The quantitative estimate of drug-likeness (QED) is 0.713. The molecule has 0 fully saturated rings. The van der Waals surface area contributed by atoms with Crippen molar-refractivity contribution in [2.45, 2.75) is 0 Å². The lowest BCUT2D eigenvalue weighted by atomic mass is 10.1. The van der Waals surface area contributed by atoms with Gasteiger partial charge in [-0.25, -0.2) is 4.98 Å². The van der Waals surface area contributed by atoms with Gasteiger partial charge in [0.15, 0.2) is 0 Å². The van der Waals surface area contributed by atoms with Crippen LogP contribution in [0.3, 0.4) is 0 Å². The van der Waals surface area contributed by atoms with E-state index in [1.165, 1.54) is 0 Å². The molecule has 0 amide bonds. The third-order valence-electron chi connectivity index (χ3n) is 3.50. The summed E-state index contributed by atoms with van der Waals surface area (Å²) >= 11 is 0. The molecule has 0 aliphatic carbocycles. The Hall–Kier alpha value is -2.49. The Morgan fingerprint density at radius 2 is 1.35 bits per heavy atom. The molecule has 20 heavy (non-hydrogen) atoms. The summed E-state index contributed by atoms with van der Waals surface area (Å²) in [5, 5.41) is 8.32. The molecule has 0 unspecified atom stereocenters. The van der Waals surface area contributed by atoms with E-state index in [0.29, 0.717) is 0 Å². The van der Waals surface area contributed by atoms with E-state index >= 15 is 0 Å². The van der Waals surface area contributed by atoms with Crippen molar-refractivity contribution in [1.29, 1.82) is 0 Å². The van der Waals surface area contributed by atoms with Crippen LogP contribution in [0.5, 0.6) is 5.75 Å². The molecule has 0 spiro atoms. The van der Waals surface area contributed by atoms with Crippen LogP contribution in [-0.4, -0.2) is 26.2 Å². The largest absolute Gasteiger partial charge is 0.495 e. The average Bonchev–Trinajstić information content (AvgIpc) is 2.51. The molecule has 0 radical (unpaired) electrons. The first-order chi connectivity index (χ1) is 9.76. The lowest BCUT2D eigenvalue weighted by molar-refractivity contribution is 0.424. The van der Waals surface area contributed by atoms with Gasteiger partial charge in [0.25, 0.3) is 0 Å². The van der Waals surface area contributed by atoms with Gasteiger partial charge in [-0.15, -0.1) is 0 Å². The Labute approximate surface area is 117 Å². The van der Waals surface area contributed by atoms with Gasteiger partial charge in [0.2, 0.25) is 0 Å². The number of pyridine rings is 1. The highest BCUT2D eigenvalue weighted by molar-refractivity contribution is 6.02. The monoisotopic (exact) mass is 267 g/mol. The fourth-order valence-corrected chi connectivity index (χ4v) is 2.44. The minimum atomic E-state index is 0.860. The van der Waals surface area contributed by atoms with Crippen molar-refractivity contribution in [3.63, 3.8) is 0 Å². The maximum absolute atomic E-state index is 5.64. The predicted octanol–water partition coefficient (Wildman–Crippen LogP) is 3.48. The minimum Gasteiger partial charge on any atom is -0.495 e. The Balaban J connectivity index is 2.41. The van der Waals surface area contributed by atoms with Crippen LogP contribution in [0.2, 0.25) is 0 Å². The van der Waals surface area contributed by atoms with Gasteiger partial charge in [-0.2, -0.15) is 0 Å². The lowest BCUT2D eigenvalue weighted by Crippen LogP contribution is -1.94. The van der Waals surface area contributed by atoms with Crippen molar-refractivity contribution in [3.05, 3.63) is 36.4 Å². The van der Waals surface area contributed by atoms with E-state index in [4.69, 9.17) is 9.72 Å². The van der Waals surface area contributed by atoms with Crippen molar-refractivity contribution in [2.24, 2.45) is 0 Å². The zero-order valence-electron chi connectivity index (χ0n) is 11.8. The van der Waals surface area contributed by atoms with Crippen LogP contribution in [0, 0.1) is 0 Å². The van der Waals surface area contributed by atoms with E-state index in [9.17, 15) is 0 Å². The van der Waals surface area contributed by atoms with Crippen molar-refractivity contribution in [1.82, 2.24) is 4.98 Å². The van der Waals surface area contributed by atoms with Crippen molar-refractivity contribution >= 4 is 33.2 Å². The summed E-state index contributed by atoms with van der Waals surface area (Å²) in [6.07, 6.45) is 0. The molecule has 3 rings (SSSR count). The van der Waals surface area contributed by atoms with E-state index in [-0.39, 0.29) is 0 Å². The summed E-state index contributed by atoms with van der Waals surface area (Å²) in [5.74, 6) is 0.860. The van der Waals surface area contributed by atoms with Gasteiger partial charge in [-0.1, -0.05) is 0 Å². The molecule has 2 aromatic carbocycles. The Kier molecular flexibility index (Phi) is 3.06. The molecule has 1 heterocycles. The summed E-state index contributed by atoms with van der Waals surface area (Å²) in [4.78, 5) is 4.70. The van der Waals surface area contributed by atoms with Gasteiger partial charge >= 0.3 is 0 Å². The fraction of sp³-hybridized carbons (Fsp3) is 0.188. The third kappa shape index (κ3) is 1.90. The van der Waals surface area contributed by atoms with E-state index in [1.807, 2.05) is 38.4 Å². The molecule has 0 aliphatic heterocycles. The molecular formula is C16H17N3O. The fourth-order valence-electron chi connectivity index (χ4n) is 2.44. The number of rotatable bonds is 3. The summed E-state index contributed by atoms with van der Waals surface area (Å²) < 4.78 is 5.64. The molecule has 0 aliphatic rings. The second-order valence-electron chi connectivity index (χ2n) is 4.61. The number of benzene rings is 2. The van der Waals surface area contributed by atoms with Crippen LogP contribution in [0.1, 0.15) is 0 Å². The molecule has 0 saturated heterocycles. The number of hydrogen-bond donors (Lipinski definition) is 2. The highest BCUT2D eigenvalue weighted by Crippen LogP contribution is 2.35. The molecule has 102 valence electrons. The molecule has 4 nitrogen and oxygen atoms in total. The summed E-state index contributed by atoms with van der Waals surface area (Å²) in [6.45, 7) is 0. The van der Waals surface area contributed by atoms with Crippen LogP contribution < -0.4 is 15.4 Å². The number of aromatic nitrogens is 1. The number of methoxy groups -OCH3 is 1. The molecule has 3 aromatic rings. The van der Waals surface area contributed by atoms with E-state index < -0.39 is 0 Å². The minimum absolute atomic E-state index is 0.860. The molecular weight excluding hydrogens is 250 g/mol. The van der Waals surface area contributed by atoms with Crippen molar-refractivity contribution < 1.29 is 4.74 Å². The van der Waals surface area contributed by atoms with Gasteiger partial charge in [0.05, 0.1) is 18.1 Å². The summed E-state index contributed by atoms with van der Waals surface area (Å²) in [6, 6.07) is 12.2. The normalized spacial score (nSPS) is 10.8. The van der Waals surface area contributed by atoms with Gasteiger partial charge < -0.3 is 15.4 Å². The SMILES string of the molecule is CNc1ccc2nc3ccc(NC)cc3c(OC)c2c1. The lowest BCUT2D eigenvalue weighted by Gasteiger charge is -2.12. The topological polar surface area (TPSA) is 46.2 Å². The van der Waals surface area contributed by atoms with Crippen LogP contribution >= 0.6 is 0 Å². The summed E-state index contributed by atoms with van der Waals surface area (Å²) in [5.41, 5.74) is 3.96. The second-order valence-corrected chi connectivity index (χ2v) is 4.61. The van der Waals surface area contributed by atoms with Gasteiger partial charge in [-0.05, 0) is 36.4 Å². The highest BCUT2D eigenvalue weighted by Gasteiger charge is 2.10. The molecule has 4 heteroatoms. The maximum atomic E-state index is 5.64. The molecule has 0 saturated carbocycles. The number of ether oxygens (including phenoxy) is 1. The smallest absolute Gasteiger partial charge is 0.137 e. The van der Waals surface area contributed by atoms with Crippen molar-refractivity contribution in [2.75, 3.05) is 31.8 Å². The molecule has 0 atom stereocenters. The first-order valence-electron chi connectivity index (χ1n) is 6.54. The van der Waals surface area contributed by atoms with Crippen LogP contribution in [0.15, 0.2) is 36.4 Å². The number of nitrogens with one attached hydrogen (secondary N) is 2. The molecule has 0 bridgehead atoms. The van der Waals surface area contributed by atoms with Crippen LogP contribution in [0.4, 0.5) is 11.4 Å². The van der Waals surface area contributed by atoms with Gasteiger partial charge in [-0.3, -0.25) is 0 Å². The Morgan fingerprint density at radius 3 is 1.75 bits per heavy atom. The first kappa shape index (κ1) is 12.5. The number of nitrogens with zero attached hydrogens (tertiary/aromatic N) is 1. The number of fused-ring (bicyclic) bond motifs is 2. The third-order valence-corrected chi connectivity index (χ3v) is 3.50. The summed E-state index contributed by atoms with van der Waals surface area (Å²) in [7, 11) is 5.51.